The Bertz CT molecular complexity index is 612. The highest BCUT2D eigenvalue weighted by Crippen LogP contribution is 2.43. The van der Waals surface area contributed by atoms with E-state index in [-0.39, 0.29) is 12.0 Å². The van der Waals surface area contributed by atoms with Gasteiger partial charge in [0.2, 0.25) is 0 Å². The Morgan fingerprint density at radius 2 is 2.26 bits per heavy atom. The predicted molar refractivity (Wildman–Crippen MR) is 67.2 cm³/mol. The molecule has 6 nitrogen and oxygen atoms in total. The molecular weight excluding hydrogens is 244 g/mol. The van der Waals surface area contributed by atoms with Crippen LogP contribution in [-0.2, 0) is 4.74 Å². The lowest BCUT2D eigenvalue weighted by Crippen LogP contribution is -2.15. The minimum absolute atomic E-state index is 0.247. The van der Waals surface area contributed by atoms with Gasteiger partial charge in [0.1, 0.15) is 0 Å². The van der Waals surface area contributed by atoms with E-state index in [0.717, 1.165) is 19.3 Å². The summed E-state index contributed by atoms with van der Waals surface area (Å²) in [4.78, 5) is 8.63. The Morgan fingerprint density at radius 1 is 1.32 bits per heavy atom. The van der Waals surface area contributed by atoms with Crippen molar-refractivity contribution in [2.24, 2.45) is 0 Å². The van der Waals surface area contributed by atoms with Crippen LogP contribution in [-0.4, -0.2) is 27.3 Å². The van der Waals surface area contributed by atoms with E-state index in [1.165, 1.54) is 0 Å². The van der Waals surface area contributed by atoms with E-state index in [1.54, 1.807) is 18.3 Å². The number of fused-ring (bicyclic) bond motifs is 2. The quantitative estimate of drug-likeness (QED) is 0.883. The van der Waals surface area contributed by atoms with Crippen molar-refractivity contribution >= 4 is 5.69 Å². The Labute approximate surface area is 110 Å². The van der Waals surface area contributed by atoms with E-state index >= 15 is 0 Å². The fourth-order valence-corrected chi connectivity index (χ4v) is 2.99. The molecule has 3 unspecified atom stereocenters. The lowest BCUT2D eigenvalue weighted by molar-refractivity contribution is 0.0996. The number of anilines is 1. The largest absolute Gasteiger partial charge is 0.397 e. The number of nitrogens with two attached hydrogens (primary N) is 1. The summed E-state index contributed by atoms with van der Waals surface area (Å²) in [6.07, 6.45) is 5.51. The second-order valence-electron chi connectivity index (χ2n) is 5.12. The Kier molecular flexibility index (Phi) is 2.32. The fraction of sp³-hybridized carbons (Fsp3) is 0.462. The number of pyridine rings is 1. The minimum atomic E-state index is 0.247. The summed E-state index contributed by atoms with van der Waals surface area (Å²) in [5.74, 6) is 1.35. The minimum Gasteiger partial charge on any atom is -0.397 e. The van der Waals surface area contributed by atoms with Crippen LogP contribution in [0.1, 0.15) is 31.0 Å². The number of nitrogens with zero attached hydrogens (tertiary/aromatic N) is 3. The van der Waals surface area contributed by atoms with Gasteiger partial charge in [-0.2, -0.15) is 4.98 Å². The summed E-state index contributed by atoms with van der Waals surface area (Å²) in [7, 11) is 0. The van der Waals surface area contributed by atoms with Crippen LogP contribution in [0.5, 0.6) is 0 Å². The van der Waals surface area contributed by atoms with E-state index in [9.17, 15) is 0 Å². The number of hydrogen-bond acceptors (Lipinski definition) is 6. The standard InChI is InChI=1S/C13H14N4O2/c14-9-2-1-5-15-11(9)13-16-12(17-19-13)8-6-7-3-4-10(8)18-7/h1-2,5,7-8,10H,3-4,6,14H2. The van der Waals surface area contributed by atoms with E-state index < -0.39 is 0 Å². The molecule has 6 heteroatoms. The predicted octanol–water partition coefficient (Wildman–Crippen LogP) is 1.75. The van der Waals surface area contributed by atoms with Gasteiger partial charge in [-0.15, -0.1) is 0 Å². The third-order valence-corrected chi connectivity index (χ3v) is 3.92. The van der Waals surface area contributed by atoms with Crippen molar-refractivity contribution in [3.63, 3.8) is 0 Å². The first kappa shape index (κ1) is 10.9. The Balaban J connectivity index is 1.65. The van der Waals surface area contributed by atoms with Gasteiger partial charge in [0.05, 0.1) is 23.8 Å². The molecule has 2 aliphatic heterocycles. The third kappa shape index (κ3) is 1.71. The average Bonchev–Trinajstić information content (AvgIpc) is 3.15. The molecule has 2 N–H and O–H groups in total. The maximum Gasteiger partial charge on any atom is 0.278 e. The highest BCUT2D eigenvalue weighted by Gasteiger charge is 2.43. The molecule has 2 aliphatic rings. The van der Waals surface area contributed by atoms with Crippen molar-refractivity contribution < 1.29 is 9.26 Å². The molecule has 0 aromatic carbocycles. The lowest BCUT2D eigenvalue weighted by Gasteiger charge is -2.13. The van der Waals surface area contributed by atoms with Crippen LogP contribution in [0.3, 0.4) is 0 Å². The third-order valence-electron chi connectivity index (χ3n) is 3.92. The van der Waals surface area contributed by atoms with Crippen LogP contribution in [0, 0.1) is 0 Å². The van der Waals surface area contributed by atoms with E-state index in [2.05, 4.69) is 15.1 Å². The van der Waals surface area contributed by atoms with E-state index in [0.29, 0.717) is 29.2 Å². The van der Waals surface area contributed by atoms with Crippen LogP contribution >= 0.6 is 0 Å². The summed E-state index contributed by atoms with van der Waals surface area (Å²) in [6, 6.07) is 3.55. The van der Waals surface area contributed by atoms with Crippen LogP contribution in [0.25, 0.3) is 11.6 Å². The summed E-state index contributed by atoms with van der Waals surface area (Å²) in [5.41, 5.74) is 6.95. The van der Waals surface area contributed by atoms with Gasteiger partial charge in [-0.1, -0.05) is 5.16 Å². The normalized spacial score (nSPS) is 28.9. The van der Waals surface area contributed by atoms with Crippen LogP contribution in [0.4, 0.5) is 5.69 Å². The molecular formula is C13H14N4O2. The van der Waals surface area contributed by atoms with Gasteiger partial charge < -0.3 is 15.0 Å². The number of nitrogen functional groups attached to an aromatic ring is 1. The molecule has 2 bridgehead atoms. The maximum atomic E-state index is 5.86. The van der Waals surface area contributed by atoms with Gasteiger partial charge in [-0.25, -0.2) is 4.98 Å². The first-order valence-electron chi connectivity index (χ1n) is 6.51. The summed E-state index contributed by atoms with van der Waals surface area (Å²) >= 11 is 0. The Hall–Kier alpha value is -1.95. The number of rotatable bonds is 2. The smallest absolute Gasteiger partial charge is 0.278 e. The van der Waals surface area contributed by atoms with Crippen LogP contribution < -0.4 is 5.73 Å². The van der Waals surface area contributed by atoms with Gasteiger partial charge in [-0.05, 0) is 31.4 Å². The van der Waals surface area contributed by atoms with Crippen molar-refractivity contribution in [1.82, 2.24) is 15.1 Å². The van der Waals surface area contributed by atoms with Crippen LogP contribution in [0.2, 0.25) is 0 Å². The monoisotopic (exact) mass is 258 g/mol. The van der Waals surface area contributed by atoms with E-state index in [1.807, 2.05) is 0 Å². The second kappa shape index (κ2) is 4.03. The summed E-state index contributed by atoms with van der Waals surface area (Å²) < 4.78 is 11.1. The first-order valence-corrected chi connectivity index (χ1v) is 6.51. The summed E-state index contributed by atoms with van der Waals surface area (Å²) in [5, 5.41) is 4.07. The molecule has 0 spiro atoms. The second-order valence-corrected chi connectivity index (χ2v) is 5.12. The highest BCUT2D eigenvalue weighted by atomic mass is 16.5. The number of hydrogen-bond donors (Lipinski definition) is 1. The van der Waals surface area contributed by atoms with Gasteiger partial charge in [0.25, 0.3) is 5.89 Å². The van der Waals surface area contributed by atoms with Crippen molar-refractivity contribution in [3.05, 3.63) is 24.2 Å². The average molecular weight is 258 g/mol. The molecule has 98 valence electrons. The molecule has 2 aromatic rings. The Morgan fingerprint density at radius 3 is 3.00 bits per heavy atom. The van der Waals surface area contributed by atoms with Crippen molar-refractivity contribution in [1.29, 1.82) is 0 Å². The SMILES string of the molecule is Nc1cccnc1-c1nc(C2CC3CCC2O3)no1. The number of aromatic nitrogens is 3. The topological polar surface area (TPSA) is 87.1 Å². The zero-order valence-electron chi connectivity index (χ0n) is 10.3. The van der Waals surface area contributed by atoms with Crippen molar-refractivity contribution in [2.75, 3.05) is 5.73 Å². The molecule has 2 fully saturated rings. The van der Waals surface area contributed by atoms with Gasteiger partial charge >= 0.3 is 0 Å². The molecule has 4 heterocycles. The molecule has 19 heavy (non-hydrogen) atoms. The molecule has 0 amide bonds. The highest BCUT2D eigenvalue weighted by molar-refractivity contribution is 5.65. The van der Waals surface area contributed by atoms with E-state index in [4.69, 9.17) is 15.0 Å². The summed E-state index contributed by atoms with van der Waals surface area (Å²) in [6.45, 7) is 0. The molecule has 3 atom stereocenters. The zero-order valence-corrected chi connectivity index (χ0v) is 10.3. The maximum absolute atomic E-state index is 5.86. The zero-order chi connectivity index (χ0) is 12.8. The van der Waals surface area contributed by atoms with Crippen molar-refractivity contribution in [2.45, 2.75) is 37.4 Å². The molecule has 0 aliphatic carbocycles. The molecule has 0 radical (unpaired) electrons. The van der Waals surface area contributed by atoms with Crippen molar-refractivity contribution in [3.8, 4) is 11.6 Å². The van der Waals surface area contributed by atoms with Crippen LogP contribution in [0.15, 0.2) is 22.9 Å². The van der Waals surface area contributed by atoms with Gasteiger partial charge in [0, 0.05) is 6.20 Å². The fourth-order valence-electron chi connectivity index (χ4n) is 2.99. The first-order chi connectivity index (χ1) is 9.31. The molecule has 2 aromatic heterocycles. The molecule has 0 saturated carbocycles. The van der Waals surface area contributed by atoms with Gasteiger partial charge in [0.15, 0.2) is 11.5 Å². The molecule has 4 rings (SSSR count). The lowest BCUT2D eigenvalue weighted by atomic mass is 9.89. The number of ether oxygens (including phenoxy) is 1. The van der Waals surface area contributed by atoms with Gasteiger partial charge in [-0.3, -0.25) is 0 Å². The molecule has 2 saturated heterocycles.